The maximum atomic E-state index is 15.4. The molecular weight excluding hydrogens is 626 g/mol. The molecule has 2 saturated heterocycles. The Morgan fingerprint density at radius 1 is 1.11 bits per heavy atom. The molecule has 4 heterocycles. The van der Waals surface area contributed by atoms with Gasteiger partial charge >= 0.3 is 12.3 Å². The van der Waals surface area contributed by atoms with Gasteiger partial charge in [-0.3, -0.25) is 14.5 Å². The summed E-state index contributed by atoms with van der Waals surface area (Å²) in [4.78, 5) is 52.6. The number of hydrogen-bond donors (Lipinski definition) is 0. The Morgan fingerprint density at radius 2 is 1.81 bits per heavy atom. The minimum Gasteiger partial charge on any atom is -0.444 e. The standard InChI is InChI=1S/C31H35F4N7O5/c1-17-12-19(31(33,34)35)13-24(36-17)42-22(10-11-25(42)43)28(44)40(6)21-9-7-8-20(32)26(21)39(5)16-23-37-27(47-38-23)18-14-41(15-18)29(45)46-30(2,3)4/h7-9,12-13,18,22H,10-11,14-16H2,1-6H3. The van der Waals surface area contributed by atoms with Crippen LogP contribution in [-0.2, 0) is 27.0 Å². The Hall–Kier alpha value is -4.76. The van der Waals surface area contributed by atoms with Crippen LogP contribution in [0.2, 0.25) is 0 Å². The van der Waals surface area contributed by atoms with Gasteiger partial charge in [-0.25, -0.2) is 14.2 Å². The largest absolute Gasteiger partial charge is 0.444 e. The Labute approximate surface area is 268 Å². The van der Waals surface area contributed by atoms with E-state index >= 15 is 4.39 Å². The number of para-hydroxylation sites is 1. The number of likely N-dealkylation sites (N-methyl/N-ethyl adjacent to an activating group) is 1. The first-order valence-corrected chi connectivity index (χ1v) is 14.9. The van der Waals surface area contributed by atoms with Crippen molar-refractivity contribution in [1.82, 2.24) is 20.0 Å². The molecule has 2 aliphatic heterocycles. The monoisotopic (exact) mass is 661 g/mol. The molecule has 5 rings (SSSR count). The van der Waals surface area contributed by atoms with E-state index in [1.54, 1.807) is 27.8 Å². The lowest BCUT2D eigenvalue weighted by molar-refractivity contribution is -0.137. The third-order valence-electron chi connectivity index (χ3n) is 7.80. The quantitative estimate of drug-likeness (QED) is 0.320. The summed E-state index contributed by atoms with van der Waals surface area (Å²) in [6.45, 7) is 7.38. The van der Waals surface area contributed by atoms with Gasteiger partial charge < -0.3 is 24.0 Å². The molecule has 0 spiro atoms. The van der Waals surface area contributed by atoms with Crippen molar-refractivity contribution < 1.29 is 41.2 Å². The number of rotatable bonds is 7. The highest BCUT2D eigenvalue weighted by Crippen LogP contribution is 2.37. The summed E-state index contributed by atoms with van der Waals surface area (Å²) in [5.74, 6) is -1.75. The zero-order valence-electron chi connectivity index (χ0n) is 26.8. The number of aromatic nitrogens is 3. The van der Waals surface area contributed by atoms with Crippen LogP contribution in [0.15, 0.2) is 34.9 Å². The molecule has 1 atom stereocenters. The average molecular weight is 662 g/mol. The number of halogens is 4. The summed E-state index contributed by atoms with van der Waals surface area (Å²) in [5.41, 5.74) is -1.40. The topological polar surface area (TPSA) is 125 Å². The van der Waals surface area contributed by atoms with E-state index in [9.17, 15) is 27.6 Å². The molecule has 47 heavy (non-hydrogen) atoms. The number of amides is 3. The van der Waals surface area contributed by atoms with Crippen molar-refractivity contribution in [2.45, 2.75) is 70.8 Å². The maximum absolute atomic E-state index is 15.4. The average Bonchev–Trinajstić information content (AvgIpc) is 3.55. The van der Waals surface area contributed by atoms with E-state index in [4.69, 9.17) is 9.26 Å². The molecule has 2 fully saturated rings. The lowest BCUT2D eigenvalue weighted by atomic mass is 10.0. The first kappa shape index (κ1) is 33.6. The number of alkyl halides is 3. The number of likely N-dealkylation sites (tertiary alicyclic amines) is 1. The molecule has 12 nitrogen and oxygen atoms in total. The normalized spacial score (nSPS) is 17.1. The fourth-order valence-electron chi connectivity index (χ4n) is 5.54. The van der Waals surface area contributed by atoms with Crippen LogP contribution in [-0.4, -0.2) is 76.8 Å². The number of carbonyl (C=O) groups is 3. The smallest absolute Gasteiger partial charge is 0.416 e. The second-order valence-electron chi connectivity index (χ2n) is 12.7. The molecule has 1 unspecified atom stereocenters. The van der Waals surface area contributed by atoms with Crippen molar-refractivity contribution in [2.24, 2.45) is 0 Å². The molecule has 0 radical (unpaired) electrons. The molecule has 2 aliphatic rings. The number of nitrogens with zero attached hydrogens (tertiary/aromatic N) is 7. The van der Waals surface area contributed by atoms with Crippen molar-refractivity contribution in [3.8, 4) is 0 Å². The van der Waals surface area contributed by atoms with Gasteiger partial charge in [-0.2, -0.15) is 18.2 Å². The molecule has 1 aromatic carbocycles. The molecule has 2 aromatic heterocycles. The Balaban J connectivity index is 1.31. The van der Waals surface area contributed by atoms with Crippen LogP contribution in [0.4, 0.5) is 39.5 Å². The number of ether oxygens (including phenoxy) is 1. The van der Waals surface area contributed by atoms with Gasteiger partial charge in [0.25, 0.3) is 0 Å². The van der Waals surface area contributed by atoms with Crippen LogP contribution in [0.5, 0.6) is 0 Å². The van der Waals surface area contributed by atoms with Gasteiger partial charge in [0.05, 0.1) is 29.4 Å². The summed E-state index contributed by atoms with van der Waals surface area (Å²) >= 11 is 0. The van der Waals surface area contributed by atoms with E-state index in [0.29, 0.717) is 19.0 Å². The summed E-state index contributed by atoms with van der Waals surface area (Å²) in [6, 6.07) is 4.60. The lowest BCUT2D eigenvalue weighted by Crippen LogP contribution is -2.50. The van der Waals surface area contributed by atoms with Gasteiger partial charge in [-0.15, -0.1) is 0 Å². The van der Waals surface area contributed by atoms with Crippen molar-refractivity contribution in [1.29, 1.82) is 0 Å². The molecular formula is C31H35F4N7O5. The van der Waals surface area contributed by atoms with Crippen LogP contribution in [0.1, 0.15) is 62.5 Å². The van der Waals surface area contributed by atoms with E-state index in [0.717, 1.165) is 17.0 Å². The molecule has 3 aromatic rings. The molecule has 16 heteroatoms. The van der Waals surface area contributed by atoms with Crippen LogP contribution in [0.3, 0.4) is 0 Å². The molecule has 0 N–H and O–H groups in total. The summed E-state index contributed by atoms with van der Waals surface area (Å²) in [6.07, 6.45) is -5.16. The van der Waals surface area contributed by atoms with E-state index < -0.39 is 47.1 Å². The second-order valence-corrected chi connectivity index (χ2v) is 12.7. The van der Waals surface area contributed by atoms with Crippen LogP contribution in [0.25, 0.3) is 0 Å². The highest BCUT2D eigenvalue weighted by Gasteiger charge is 2.42. The highest BCUT2D eigenvalue weighted by atomic mass is 19.4. The lowest BCUT2D eigenvalue weighted by Gasteiger charge is -2.37. The maximum Gasteiger partial charge on any atom is 0.416 e. The van der Waals surface area contributed by atoms with Gasteiger partial charge in [0, 0.05) is 39.3 Å². The van der Waals surface area contributed by atoms with E-state index in [1.165, 1.54) is 46.9 Å². The summed E-state index contributed by atoms with van der Waals surface area (Å²) in [5, 5.41) is 4.00. The van der Waals surface area contributed by atoms with Crippen LogP contribution >= 0.6 is 0 Å². The number of aryl methyl sites for hydroxylation is 1. The summed E-state index contributed by atoms with van der Waals surface area (Å²) in [7, 11) is 2.98. The molecule has 3 amide bonds. The third kappa shape index (κ3) is 7.15. The first-order chi connectivity index (χ1) is 21.9. The van der Waals surface area contributed by atoms with Crippen LogP contribution in [0, 0.1) is 12.7 Å². The Morgan fingerprint density at radius 3 is 2.47 bits per heavy atom. The summed E-state index contributed by atoms with van der Waals surface area (Å²) < 4.78 is 66.7. The highest BCUT2D eigenvalue weighted by molar-refractivity contribution is 6.09. The fraction of sp³-hybridized carbons (Fsp3) is 0.484. The SMILES string of the molecule is Cc1cc(C(F)(F)F)cc(N2C(=O)CCC2C(=O)N(C)c2cccc(F)c2N(C)Cc2noc(C3CN(C(=O)OC(C)(C)C)C3)n2)n1. The number of carbonyl (C=O) groups excluding carboxylic acids is 3. The minimum atomic E-state index is -4.68. The molecule has 0 aliphatic carbocycles. The fourth-order valence-corrected chi connectivity index (χ4v) is 5.54. The molecule has 252 valence electrons. The van der Waals surface area contributed by atoms with Crippen molar-refractivity contribution in [2.75, 3.05) is 41.9 Å². The third-order valence-corrected chi connectivity index (χ3v) is 7.80. The minimum absolute atomic E-state index is 0.0105. The molecule has 0 bridgehead atoms. The van der Waals surface area contributed by atoms with Gasteiger partial charge in [-0.05, 0) is 58.4 Å². The number of anilines is 3. The van der Waals surface area contributed by atoms with E-state index in [1.807, 2.05) is 0 Å². The van der Waals surface area contributed by atoms with E-state index in [2.05, 4.69) is 15.1 Å². The van der Waals surface area contributed by atoms with Gasteiger partial charge in [0.1, 0.15) is 23.3 Å². The Bertz CT molecular complexity index is 1680. The van der Waals surface area contributed by atoms with Gasteiger partial charge in [0.2, 0.25) is 17.7 Å². The zero-order chi connectivity index (χ0) is 34.4. The second kappa shape index (κ2) is 12.4. The van der Waals surface area contributed by atoms with Gasteiger partial charge in [0.15, 0.2) is 5.82 Å². The molecule has 0 saturated carbocycles. The van der Waals surface area contributed by atoms with Crippen molar-refractivity contribution in [3.05, 3.63) is 59.1 Å². The Kier molecular flexibility index (Phi) is 8.90. The number of hydrogen-bond acceptors (Lipinski definition) is 9. The van der Waals surface area contributed by atoms with Gasteiger partial charge in [-0.1, -0.05) is 11.2 Å². The number of pyridine rings is 1. The first-order valence-electron chi connectivity index (χ1n) is 14.9. The van der Waals surface area contributed by atoms with Crippen molar-refractivity contribution in [3.63, 3.8) is 0 Å². The van der Waals surface area contributed by atoms with Crippen LogP contribution < -0.4 is 14.7 Å². The predicted octanol–water partition coefficient (Wildman–Crippen LogP) is 5.06. The predicted molar refractivity (Wildman–Crippen MR) is 161 cm³/mol. The number of benzene rings is 1. The van der Waals surface area contributed by atoms with E-state index in [-0.39, 0.29) is 54.0 Å². The van der Waals surface area contributed by atoms with Crippen molar-refractivity contribution >= 4 is 35.1 Å². The zero-order valence-corrected chi connectivity index (χ0v) is 26.8.